The van der Waals surface area contributed by atoms with Gasteiger partial charge in [-0.25, -0.2) is 20.8 Å². The van der Waals surface area contributed by atoms with Crippen molar-refractivity contribution in [2.24, 2.45) is 0 Å². The number of hydrogen-bond donors (Lipinski definition) is 0. The highest BCUT2D eigenvalue weighted by atomic mass is 32.2. The summed E-state index contributed by atoms with van der Waals surface area (Å²) in [6, 6.07) is 11.1. The molecule has 3 heterocycles. The molecule has 37 heavy (non-hydrogen) atoms. The molecule has 1 aliphatic rings. The van der Waals surface area contributed by atoms with Gasteiger partial charge in [-0.2, -0.15) is 13.2 Å². The molecule has 1 fully saturated rings. The highest BCUT2D eigenvalue weighted by molar-refractivity contribution is 7.91. The minimum Gasteiger partial charge on any atom is -0.254 e. The molecule has 7 nitrogen and oxygen atoms in total. The molecule has 0 N–H and O–H groups in total. The summed E-state index contributed by atoms with van der Waals surface area (Å²) in [5, 5.41) is 0. The first-order chi connectivity index (χ1) is 17.3. The number of aromatic nitrogens is 3. The zero-order valence-electron chi connectivity index (χ0n) is 19.8. The number of hydrogen-bond acceptors (Lipinski definition) is 6. The van der Waals surface area contributed by atoms with E-state index in [2.05, 4.69) is 9.97 Å². The summed E-state index contributed by atoms with van der Waals surface area (Å²) in [5.41, 5.74) is 0.577. The van der Waals surface area contributed by atoms with Gasteiger partial charge in [0, 0.05) is 18.0 Å². The summed E-state index contributed by atoms with van der Waals surface area (Å²) in [6.45, 7) is 1.44. The number of pyridine rings is 2. The van der Waals surface area contributed by atoms with Gasteiger partial charge in [-0.3, -0.25) is 9.97 Å². The second-order valence-electron chi connectivity index (χ2n) is 9.05. The van der Waals surface area contributed by atoms with Crippen LogP contribution in [0.3, 0.4) is 0 Å². The van der Waals surface area contributed by atoms with Crippen LogP contribution in [0, 0.1) is 0 Å². The first-order valence-electron chi connectivity index (χ1n) is 11.4. The third-order valence-corrected chi connectivity index (χ3v) is 9.17. The molecule has 0 amide bonds. The lowest BCUT2D eigenvalue weighted by molar-refractivity contribution is -0.137. The molecule has 194 valence electrons. The van der Waals surface area contributed by atoms with Gasteiger partial charge in [-0.1, -0.05) is 31.2 Å². The lowest BCUT2D eigenvalue weighted by Gasteiger charge is -2.14. The first-order valence-corrected chi connectivity index (χ1v) is 14.9. The van der Waals surface area contributed by atoms with Crippen LogP contribution in [-0.4, -0.2) is 42.8 Å². The molecule has 0 bridgehead atoms. The van der Waals surface area contributed by atoms with Gasteiger partial charge in [-0.05, 0) is 48.1 Å². The van der Waals surface area contributed by atoms with Gasteiger partial charge in [0.15, 0.2) is 9.84 Å². The normalized spacial score (nSPS) is 14.8. The summed E-state index contributed by atoms with van der Waals surface area (Å²) in [6.07, 6.45) is 0.378. The van der Waals surface area contributed by atoms with Gasteiger partial charge >= 0.3 is 6.18 Å². The molecule has 0 saturated heterocycles. The van der Waals surface area contributed by atoms with Crippen LogP contribution in [0.25, 0.3) is 33.5 Å². The molecule has 0 aliphatic heterocycles. The van der Waals surface area contributed by atoms with Gasteiger partial charge in [-0.15, -0.1) is 0 Å². The Kier molecular flexibility index (Phi) is 5.94. The molecular weight excluding hydrogens is 527 g/mol. The summed E-state index contributed by atoms with van der Waals surface area (Å²) < 4.78 is 92.4. The van der Waals surface area contributed by atoms with Crippen molar-refractivity contribution in [2.45, 2.75) is 36.8 Å². The number of alkyl halides is 3. The Balaban J connectivity index is 1.74. The Hall–Kier alpha value is -3.25. The van der Waals surface area contributed by atoms with Gasteiger partial charge in [0.2, 0.25) is 10.0 Å². The fourth-order valence-electron chi connectivity index (χ4n) is 4.28. The van der Waals surface area contributed by atoms with Crippen molar-refractivity contribution in [3.63, 3.8) is 0 Å². The second-order valence-corrected chi connectivity index (χ2v) is 13.1. The molecule has 5 rings (SSSR count). The third-order valence-electron chi connectivity index (χ3n) is 6.37. The van der Waals surface area contributed by atoms with E-state index >= 15 is 0 Å². The van der Waals surface area contributed by atoms with Crippen LogP contribution in [0.15, 0.2) is 59.8 Å². The predicted octanol–water partition coefficient (Wildman–Crippen LogP) is 5.26. The van der Waals surface area contributed by atoms with Crippen molar-refractivity contribution in [1.82, 2.24) is 13.9 Å². The van der Waals surface area contributed by atoms with Crippen molar-refractivity contribution >= 4 is 30.9 Å². The Labute approximate surface area is 212 Å². The maximum atomic E-state index is 13.3. The van der Waals surface area contributed by atoms with Gasteiger partial charge in [0.05, 0.1) is 39.2 Å². The molecular formula is C25H22F3N3O4S2. The number of benzene rings is 1. The summed E-state index contributed by atoms with van der Waals surface area (Å²) >= 11 is 0. The fraction of sp³-hybridized carbons (Fsp3) is 0.280. The van der Waals surface area contributed by atoms with E-state index in [4.69, 9.17) is 0 Å². The highest BCUT2D eigenvalue weighted by Gasteiger charge is 2.33. The SMILES string of the molecule is CCS(=O)(=O)c1cc(-c2ccc(C3CC3)cc2)cnc1-c1cc2ncc(C(F)(F)F)cc2n1S(C)(=O)=O. The topological polar surface area (TPSA) is 99.0 Å². The minimum atomic E-state index is -4.75. The lowest BCUT2D eigenvalue weighted by atomic mass is 10.0. The number of nitrogens with zero attached hydrogens (tertiary/aromatic N) is 3. The number of fused-ring (bicyclic) bond motifs is 1. The molecule has 1 aromatic carbocycles. The number of rotatable bonds is 6. The van der Waals surface area contributed by atoms with Crippen molar-refractivity contribution < 1.29 is 30.0 Å². The van der Waals surface area contributed by atoms with Crippen LogP contribution >= 0.6 is 0 Å². The smallest absolute Gasteiger partial charge is 0.254 e. The second kappa shape index (κ2) is 8.66. The summed E-state index contributed by atoms with van der Waals surface area (Å²) in [7, 11) is -8.11. The van der Waals surface area contributed by atoms with Gasteiger partial charge < -0.3 is 0 Å². The highest BCUT2D eigenvalue weighted by Crippen LogP contribution is 2.41. The fourth-order valence-corrected chi connectivity index (χ4v) is 6.35. The summed E-state index contributed by atoms with van der Waals surface area (Å²) in [4.78, 5) is 7.91. The average Bonchev–Trinajstić information content (AvgIpc) is 3.61. The van der Waals surface area contributed by atoms with Crippen molar-refractivity contribution in [3.05, 3.63) is 66.0 Å². The predicted molar refractivity (Wildman–Crippen MR) is 133 cm³/mol. The number of halogens is 3. The zero-order valence-corrected chi connectivity index (χ0v) is 21.5. The quantitative estimate of drug-likeness (QED) is 0.325. The molecule has 3 aromatic heterocycles. The largest absolute Gasteiger partial charge is 0.417 e. The van der Waals surface area contributed by atoms with Crippen LogP contribution < -0.4 is 0 Å². The molecule has 0 radical (unpaired) electrons. The lowest BCUT2D eigenvalue weighted by Crippen LogP contribution is -2.14. The molecule has 0 atom stereocenters. The van der Waals surface area contributed by atoms with Crippen molar-refractivity contribution in [1.29, 1.82) is 0 Å². The van der Waals surface area contributed by atoms with Crippen LogP contribution in [0.2, 0.25) is 0 Å². The van der Waals surface area contributed by atoms with E-state index < -0.39 is 31.6 Å². The maximum absolute atomic E-state index is 13.3. The van der Waals surface area contributed by atoms with E-state index in [0.717, 1.165) is 24.7 Å². The Bertz CT molecular complexity index is 1740. The molecule has 1 saturated carbocycles. The molecule has 0 unspecified atom stereocenters. The monoisotopic (exact) mass is 549 g/mol. The van der Waals surface area contributed by atoms with E-state index in [9.17, 15) is 30.0 Å². The minimum absolute atomic E-state index is 0.0465. The van der Waals surface area contributed by atoms with Crippen LogP contribution in [0.1, 0.15) is 36.8 Å². The van der Waals surface area contributed by atoms with Crippen molar-refractivity contribution in [2.75, 3.05) is 12.0 Å². The Morgan fingerprint density at radius 1 is 0.946 bits per heavy atom. The van der Waals surface area contributed by atoms with Crippen LogP contribution in [0.5, 0.6) is 0 Å². The Morgan fingerprint density at radius 3 is 2.19 bits per heavy atom. The third kappa shape index (κ3) is 4.75. The van der Waals surface area contributed by atoms with E-state index in [1.54, 1.807) is 0 Å². The van der Waals surface area contributed by atoms with Crippen LogP contribution in [0.4, 0.5) is 13.2 Å². The first kappa shape index (κ1) is 25.4. The summed E-state index contributed by atoms with van der Waals surface area (Å²) in [5.74, 6) is 0.261. The van der Waals surface area contributed by atoms with Crippen LogP contribution in [-0.2, 0) is 26.0 Å². The Morgan fingerprint density at radius 2 is 1.62 bits per heavy atom. The molecule has 4 aromatic rings. The number of sulfone groups is 1. The van der Waals surface area contributed by atoms with E-state index in [1.807, 2.05) is 24.3 Å². The molecule has 12 heteroatoms. The van der Waals surface area contributed by atoms with E-state index in [1.165, 1.54) is 30.8 Å². The van der Waals surface area contributed by atoms with E-state index in [0.29, 0.717) is 27.7 Å². The van der Waals surface area contributed by atoms with E-state index in [-0.39, 0.29) is 33.1 Å². The van der Waals surface area contributed by atoms with Gasteiger partial charge in [0.1, 0.15) is 5.69 Å². The average molecular weight is 550 g/mol. The molecule has 1 aliphatic carbocycles. The zero-order chi connectivity index (χ0) is 26.8. The maximum Gasteiger partial charge on any atom is 0.417 e. The standard InChI is InChI=1S/C25H22F3N3O4S2/c1-3-37(34,35)23-10-18(17-8-6-16(7-9-17)15-4-5-15)13-30-24(23)22-12-20-21(31(22)36(2,32)33)11-19(14-29-20)25(26,27)28/h6-15H,3-5H2,1-2H3. The van der Waals surface area contributed by atoms with Crippen molar-refractivity contribution in [3.8, 4) is 22.5 Å². The molecule has 0 spiro atoms. The van der Waals surface area contributed by atoms with Gasteiger partial charge in [0.25, 0.3) is 0 Å².